The molecule has 1 aromatic carbocycles. The van der Waals surface area contributed by atoms with Gasteiger partial charge in [0, 0.05) is 17.8 Å². The molecule has 0 radical (unpaired) electrons. The van der Waals surface area contributed by atoms with E-state index in [-0.39, 0.29) is 6.61 Å². The highest BCUT2D eigenvalue weighted by Crippen LogP contribution is 2.36. The molecule has 114 valence electrons. The van der Waals surface area contributed by atoms with Gasteiger partial charge >= 0.3 is 0 Å². The van der Waals surface area contributed by atoms with Gasteiger partial charge in [-0.1, -0.05) is 12.1 Å². The maximum atomic E-state index is 9.95. The average Bonchev–Trinajstić information content (AvgIpc) is 2.92. The molecule has 1 saturated heterocycles. The van der Waals surface area contributed by atoms with Gasteiger partial charge < -0.3 is 15.2 Å². The Kier molecular flexibility index (Phi) is 5.92. The molecule has 0 saturated carbocycles. The number of benzene rings is 1. The summed E-state index contributed by atoms with van der Waals surface area (Å²) in [6.07, 6.45) is 1.93. The van der Waals surface area contributed by atoms with Gasteiger partial charge in [-0.05, 0) is 37.7 Å². The van der Waals surface area contributed by atoms with Crippen LogP contribution in [0.5, 0.6) is 5.75 Å². The van der Waals surface area contributed by atoms with Gasteiger partial charge in [-0.15, -0.1) is 0 Å². The fourth-order valence-corrected chi connectivity index (χ4v) is 3.68. The van der Waals surface area contributed by atoms with Crippen LogP contribution in [-0.2, 0) is 0 Å². The predicted molar refractivity (Wildman–Crippen MR) is 85.6 cm³/mol. The molecule has 1 aliphatic rings. The molecule has 1 heterocycles. The van der Waals surface area contributed by atoms with E-state index in [0.717, 1.165) is 6.54 Å². The highest BCUT2D eigenvalue weighted by Gasteiger charge is 2.28. The van der Waals surface area contributed by atoms with Crippen molar-refractivity contribution >= 4 is 11.8 Å². The molecule has 0 amide bonds. The van der Waals surface area contributed by atoms with Crippen LogP contribution in [0.2, 0.25) is 0 Å². The maximum Gasteiger partial charge on any atom is 0.137 e. The summed E-state index contributed by atoms with van der Waals surface area (Å²) >= 11 is 2.00. The zero-order valence-electron chi connectivity index (χ0n) is 12.3. The van der Waals surface area contributed by atoms with Crippen molar-refractivity contribution in [2.24, 2.45) is 0 Å². The van der Waals surface area contributed by atoms with Crippen LogP contribution in [-0.4, -0.2) is 41.4 Å². The molecule has 2 atom stereocenters. The lowest BCUT2D eigenvalue weighted by Crippen LogP contribution is -2.39. The summed E-state index contributed by atoms with van der Waals surface area (Å²) in [6.45, 7) is 3.87. The summed E-state index contributed by atoms with van der Waals surface area (Å²) < 4.78 is 5.82. The van der Waals surface area contributed by atoms with Crippen molar-refractivity contribution in [1.29, 1.82) is 5.26 Å². The minimum Gasteiger partial charge on any atom is -0.489 e. The summed E-state index contributed by atoms with van der Waals surface area (Å²) in [5.41, 5.74) is 0.493. The van der Waals surface area contributed by atoms with Crippen LogP contribution in [0, 0.1) is 11.3 Å². The Morgan fingerprint density at radius 3 is 3.05 bits per heavy atom. The van der Waals surface area contributed by atoms with E-state index in [0.29, 0.717) is 22.6 Å². The predicted octanol–water partition coefficient (Wildman–Crippen LogP) is 2.17. The second-order valence-electron chi connectivity index (χ2n) is 5.61. The first-order chi connectivity index (χ1) is 10.1. The van der Waals surface area contributed by atoms with E-state index < -0.39 is 6.10 Å². The van der Waals surface area contributed by atoms with Crippen LogP contribution < -0.4 is 10.1 Å². The molecule has 0 bridgehead atoms. The molecule has 4 nitrogen and oxygen atoms in total. The Balaban J connectivity index is 1.70. The number of rotatable bonds is 7. The highest BCUT2D eigenvalue weighted by molar-refractivity contribution is 8.00. The number of hydrogen-bond acceptors (Lipinski definition) is 5. The van der Waals surface area contributed by atoms with Crippen LogP contribution in [0.3, 0.4) is 0 Å². The van der Waals surface area contributed by atoms with Crippen molar-refractivity contribution in [3.05, 3.63) is 29.8 Å². The smallest absolute Gasteiger partial charge is 0.137 e. The van der Waals surface area contributed by atoms with E-state index in [4.69, 9.17) is 10.00 Å². The van der Waals surface area contributed by atoms with Crippen molar-refractivity contribution in [1.82, 2.24) is 5.32 Å². The van der Waals surface area contributed by atoms with Crippen LogP contribution >= 0.6 is 11.8 Å². The van der Waals surface area contributed by atoms with Crippen molar-refractivity contribution in [2.75, 3.05) is 25.4 Å². The number of thioether (sulfide) groups is 1. The molecule has 1 fully saturated rings. The van der Waals surface area contributed by atoms with Gasteiger partial charge in [0.05, 0.1) is 5.56 Å². The molecular formula is C16H22N2O2S. The van der Waals surface area contributed by atoms with E-state index >= 15 is 0 Å². The summed E-state index contributed by atoms with van der Waals surface area (Å²) in [4.78, 5) is 0. The Morgan fingerprint density at radius 2 is 2.33 bits per heavy atom. The second kappa shape index (κ2) is 7.69. The quantitative estimate of drug-likeness (QED) is 0.808. The molecule has 2 rings (SSSR count). The van der Waals surface area contributed by atoms with Crippen LogP contribution in [0.15, 0.2) is 24.3 Å². The molecule has 0 aromatic heterocycles. The number of hydrogen-bond donors (Lipinski definition) is 2. The van der Waals surface area contributed by atoms with Crippen molar-refractivity contribution in [2.45, 2.75) is 30.6 Å². The van der Waals surface area contributed by atoms with Gasteiger partial charge in [-0.3, -0.25) is 0 Å². The van der Waals surface area contributed by atoms with E-state index in [2.05, 4.69) is 18.3 Å². The summed E-state index contributed by atoms with van der Waals surface area (Å²) in [5.74, 6) is 1.76. The zero-order chi connectivity index (χ0) is 15.1. The molecule has 0 spiro atoms. The topological polar surface area (TPSA) is 65.3 Å². The molecular weight excluding hydrogens is 284 g/mol. The number of para-hydroxylation sites is 1. The van der Waals surface area contributed by atoms with Crippen LogP contribution in [0.4, 0.5) is 0 Å². The minimum atomic E-state index is -0.577. The van der Waals surface area contributed by atoms with Gasteiger partial charge in [0.15, 0.2) is 0 Å². The van der Waals surface area contributed by atoms with E-state index in [1.165, 1.54) is 18.6 Å². The average molecular weight is 306 g/mol. The van der Waals surface area contributed by atoms with E-state index in [9.17, 15) is 5.11 Å². The Morgan fingerprint density at radius 1 is 1.52 bits per heavy atom. The molecule has 0 aliphatic carbocycles. The number of nitrogens with one attached hydrogen (secondary N) is 1. The summed E-state index contributed by atoms with van der Waals surface area (Å²) in [7, 11) is 0. The van der Waals surface area contributed by atoms with E-state index in [1.807, 2.05) is 17.8 Å². The molecule has 21 heavy (non-hydrogen) atoms. The molecule has 1 aromatic rings. The second-order valence-corrected chi connectivity index (χ2v) is 7.29. The van der Waals surface area contributed by atoms with Gasteiger partial charge in [0.2, 0.25) is 0 Å². The van der Waals surface area contributed by atoms with Crippen molar-refractivity contribution in [3.63, 3.8) is 0 Å². The third-order valence-corrected chi connectivity index (χ3v) is 5.16. The molecule has 2 unspecified atom stereocenters. The minimum absolute atomic E-state index is 0.190. The number of ether oxygens (including phenoxy) is 1. The lowest BCUT2D eigenvalue weighted by atomic mass is 10.1. The lowest BCUT2D eigenvalue weighted by molar-refractivity contribution is 0.106. The largest absolute Gasteiger partial charge is 0.489 e. The third kappa shape index (κ3) is 4.92. The standard InChI is InChI=1S/C16H22N2O2S/c1-16(7-4-8-21-16)12-18-10-14(19)11-20-15-6-3-2-5-13(15)9-17/h2-3,5-6,14,18-19H,4,7-8,10-12H2,1H3. The first-order valence-electron chi connectivity index (χ1n) is 7.28. The van der Waals surface area contributed by atoms with Gasteiger partial charge in [-0.2, -0.15) is 17.0 Å². The number of aliphatic hydroxyl groups is 1. The van der Waals surface area contributed by atoms with Crippen molar-refractivity contribution < 1.29 is 9.84 Å². The molecule has 5 heteroatoms. The molecule has 1 aliphatic heterocycles. The zero-order valence-corrected chi connectivity index (χ0v) is 13.2. The maximum absolute atomic E-state index is 9.95. The van der Waals surface area contributed by atoms with E-state index in [1.54, 1.807) is 18.2 Å². The number of aliphatic hydroxyl groups excluding tert-OH is 1. The normalized spacial score (nSPS) is 22.7. The van der Waals surface area contributed by atoms with Gasteiger partial charge in [0.1, 0.15) is 24.5 Å². The van der Waals surface area contributed by atoms with Crippen LogP contribution in [0.25, 0.3) is 0 Å². The first kappa shape index (κ1) is 16.2. The van der Waals surface area contributed by atoms with Gasteiger partial charge in [-0.25, -0.2) is 0 Å². The summed E-state index contributed by atoms with van der Waals surface area (Å²) in [5, 5.41) is 22.2. The first-order valence-corrected chi connectivity index (χ1v) is 8.26. The Labute approximate surface area is 130 Å². The van der Waals surface area contributed by atoms with Crippen molar-refractivity contribution in [3.8, 4) is 11.8 Å². The number of nitriles is 1. The fraction of sp³-hybridized carbons (Fsp3) is 0.562. The van der Waals surface area contributed by atoms with Crippen LogP contribution in [0.1, 0.15) is 25.3 Å². The monoisotopic (exact) mass is 306 g/mol. The molecule has 2 N–H and O–H groups in total. The Hall–Kier alpha value is -1.22. The third-order valence-electron chi connectivity index (χ3n) is 3.62. The Bertz CT molecular complexity index is 495. The van der Waals surface area contributed by atoms with Gasteiger partial charge in [0.25, 0.3) is 0 Å². The fourth-order valence-electron chi connectivity index (χ4n) is 2.41. The highest BCUT2D eigenvalue weighted by atomic mass is 32.2. The SMILES string of the molecule is CC1(CNCC(O)COc2ccccc2C#N)CCCS1. The number of nitrogens with zero attached hydrogens (tertiary/aromatic N) is 1. The lowest BCUT2D eigenvalue weighted by Gasteiger charge is -2.24. The summed E-state index contributed by atoms with van der Waals surface area (Å²) in [6, 6.07) is 9.14.